The molecule has 1 unspecified atom stereocenters. The van der Waals surface area contributed by atoms with Gasteiger partial charge in [0, 0.05) is 55.4 Å². The molecule has 1 saturated heterocycles. The Morgan fingerprint density at radius 3 is 2.83 bits per heavy atom. The number of nitrogens with one attached hydrogen (secondary N) is 1. The van der Waals surface area contributed by atoms with Crippen molar-refractivity contribution in [2.24, 2.45) is 0 Å². The number of aryl methyl sites for hydroxylation is 1. The second-order valence-electron chi connectivity index (χ2n) is 6.39. The predicted octanol–water partition coefficient (Wildman–Crippen LogP) is 1.89. The van der Waals surface area contributed by atoms with Crippen LogP contribution in [-0.2, 0) is 16.1 Å². The van der Waals surface area contributed by atoms with Gasteiger partial charge in [0.15, 0.2) is 6.10 Å². The number of anilines is 1. The molecular weight excluding hydrogens is 308 g/mol. The first-order valence-electron chi connectivity index (χ1n) is 8.41. The van der Waals surface area contributed by atoms with Gasteiger partial charge in [0.1, 0.15) is 5.60 Å². The summed E-state index contributed by atoms with van der Waals surface area (Å²) in [5.41, 5.74) is 0.298. The van der Waals surface area contributed by atoms with Gasteiger partial charge in [-0.2, -0.15) is 0 Å². The molecule has 0 spiro atoms. The Bertz CT molecular complexity index is 719. The zero-order chi connectivity index (χ0) is 17.2. The number of amides is 1. The van der Waals surface area contributed by atoms with Crippen molar-refractivity contribution >= 4 is 22.5 Å². The molecule has 2 aromatic rings. The normalized spacial score (nSPS) is 18.5. The number of carbonyl (C=O) groups excluding carboxylic acids is 1. The van der Waals surface area contributed by atoms with Gasteiger partial charge in [0.2, 0.25) is 0 Å². The van der Waals surface area contributed by atoms with Crippen LogP contribution in [0.15, 0.2) is 30.5 Å². The molecule has 1 aromatic heterocycles. The van der Waals surface area contributed by atoms with Crippen molar-refractivity contribution in [2.45, 2.75) is 44.4 Å². The molecule has 24 heavy (non-hydrogen) atoms. The summed E-state index contributed by atoms with van der Waals surface area (Å²) < 4.78 is 7.35. The van der Waals surface area contributed by atoms with Gasteiger partial charge in [-0.05, 0) is 30.7 Å². The number of ether oxygens (including phenoxy) is 1. The fourth-order valence-corrected chi connectivity index (χ4v) is 3.17. The van der Waals surface area contributed by atoms with Crippen molar-refractivity contribution in [3.63, 3.8) is 0 Å². The Morgan fingerprint density at radius 1 is 1.38 bits per heavy atom. The molecule has 1 fully saturated rings. The number of nitrogens with zero attached hydrogens (tertiary/aromatic N) is 1. The number of aliphatic hydroxyl groups is 2. The van der Waals surface area contributed by atoms with E-state index in [1.54, 1.807) is 0 Å². The number of hydrogen-bond donors (Lipinski definition) is 3. The van der Waals surface area contributed by atoms with Crippen LogP contribution < -0.4 is 5.32 Å². The molecule has 2 heterocycles. The Kier molecular flexibility index (Phi) is 4.89. The average Bonchev–Trinajstić information content (AvgIpc) is 2.97. The van der Waals surface area contributed by atoms with Crippen LogP contribution in [0.5, 0.6) is 0 Å². The summed E-state index contributed by atoms with van der Waals surface area (Å²) in [5.74, 6) is -0.591. The molecule has 1 atom stereocenters. The molecule has 130 valence electrons. The maximum absolute atomic E-state index is 12.3. The van der Waals surface area contributed by atoms with Crippen molar-refractivity contribution in [1.29, 1.82) is 0 Å². The summed E-state index contributed by atoms with van der Waals surface area (Å²) in [5, 5.41) is 24.4. The number of benzene rings is 1. The van der Waals surface area contributed by atoms with E-state index in [-0.39, 0.29) is 12.8 Å². The Labute approximate surface area is 141 Å². The van der Waals surface area contributed by atoms with Gasteiger partial charge in [0.25, 0.3) is 5.91 Å². The number of aliphatic hydroxyl groups excluding tert-OH is 1. The van der Waals surface area contributed by atoms with E-state index in [0.717, 1.165) is 23.9 Å². The van der Waals surface area contributed by atoms with Crippen molar-refractivity contribution in [3.05, 3.63) is 30.5 Å². The first kappa shape index (κ1) is 17.0. The number of hydrogen-bond acceptors (Lipinski definition) is 4. The van der Waals surface area contributed by atoms with Crippen LogP contribution >= 0.6 is 0 Å². The fraction of sp³-hybridized carbons (Fsp3) is 0.500. The molecule has 1 amide bonds. The molecule has 0 bridgehead atoms. The number of fused-ring (bicyclic) bond motifs is 1. The molecular formula is C18H24N2O4. The molecule has 1 aliphatic rings. The van der Waals surface area contributed by atoms with Crippen molar-refractivity contribution in [3.8, 4) is 0 Å². The van der Waals surface area contributed by atoms with E-state index in [1.807, 2.05) is 30.5 Å². The van der Waals surface area contributed by atoms with Gasteiger partial charge in [-0.3, -0.25) is 4.79 Å². The van der Waals surface area contributed by atoms with Gasteiger partial charge >= 0.3 is 0 Å². The lowest BCUT2D eigenvalue weighted by molar-refractivity contribution is -0.155. The van der Waals surface area contributed by atoms with Gasteiger partial charge in [-0.15, -0.1) is 0 Å². The van der Waals surface area contributed by atoms with Crippen molar-refractivity contribution in [1.82, 2.24) is 4.57 Å². The molecule has 0 aliphatic carbocycles. The van der Waals surface area contributed by atoms with E-state index >= 15 is 0 Å². The smallest absolute Gasteiger partial charge is 0.256 e. The highest BCUT2D eigenvalue weighted by Gasteiger charge is 2.41. The molecule has 3 N–H and O–H groups in total. The molecule has 6 heteroatoms. The second kappa shape index (κ2) is 6.93. The van der Waals surface area contributed by atoms with E-state index in [0.29, 0.717) is 18.9 Å². The Hall–Kier alpha value is -1.89. The van der Waals surface area contributed by atoms with Crippen LogP contribution in [-0.4, -0.2) is 45.6 Å². The second-order valence-corrected chi connectivity index (χ2v) is 6.39. The van der Waals surface area contributed by atoms with E-state index in [2.05, 4.69) is 16.8 Å². The van der Waals surface area contributed by atoms with E-state index in [1.165, 1.54) is 0 Å². The lowest BCUT2D eigenvalue weighted by atomic mass is 9.88. The quantitative estimate of drug-likeness (QED) is 0.781. The largest absolute Gasteiger partial charge is 0.386 e. The minimum Gasteiger partial charge on any atom is -0.386 e. The summed E-state index contributed by atoms with van der Waals surface area (Å²) in [7, 11) is 0. The monoisotopic (exact) mass is 332 g/mol. The first-order valence-corrected chi connectivity index (χ1v) is 8.41. The maximum atomic E-state index is 12.3. The van der Waals surface area contributed by atoms with Crippen LogP contribution in [0.3, 0.4) is 0 Å². The standard InChI is InChI=1S/C18H24N2O4/c1-2-8-20-9-5-13-12-14(3-4-15(13)20)19-17(22)16(21)18(23)6-10-24-11-7-18/h3-5,9,12,16,21,23H,2,6-8,10-11H2,1H3,(H,19,22). The van der Waals surface area contributed by atoms with Gasteiger partial charge in [-0.25, -0.2) is 0 Å². The highest BCUT2D eigenvalue weighted by Crippen LogP contribution is 2.26. The summed E-state index contributed by atoms with van der Waals surface area (Å²) >= 11 is 0. The SMILES string of the molecule is CCCn1ccc2cc(NC(=O)C(O)C3(O)CCOCC3)ccc21. The van der Waals surface area contributed by atoms with E-state index in [9.17, 15) is 15.0 Å². The van der Waals surface area contributed by atoms with E-state index < -0.39 is 17.6 Å². The van der Waals surface area contributed by atoms with Gasteiger partial charge < -0.3 is 24.8 Å². The fourth-order valence-electron chi connectivity index (χ4n) is 3.17. The van der Waals surface area contributed by atoms with Crippen LogP contribution in [0.25, 0.3) is 10.9 Å². The molecule has 6 nitrogen and oxygen atoms in total. The summed E-state index contributed by atoms with van der Waals surface area (Å²) in [6.45, 7) is 3.77. The number of rotatable bonds is 5. The topological polar surface area (TPSA) is 83.7 Å². The summed E-state index contributed by atoms with van der Waals surface area (Å²) in [6, 6.07) is 7.65. The zero-order valence-corrected chi connectivity index (χ0v) is 13.9. The number of aromatic nitrogens is 1. The Balaban J connectivity index is 1.73. The minimum atomic E-state index is -1.47. The highest BCUT2D eigenvalue weighted by molar-refractivity contribution is 5.97. The number of carbonyl (C=O) groups is 1. The van der Waals surface area contributed by atoms with Gasteiger partial charge in [0.05, 0.1) is 0 Å². The lowest BCUT2D eigenvalue weighted by Crippen LogP contribution is -2.52. The van der Waals surface area contributed by atoms with Crippen molar-refractivity contribution < 1.29 is 19.7 Å². The molecule has 3 rings (SSSR count). The molecule has 1 aliphatic heterocycles. The molecule has 0 saturated carbocycles. The average molecular weight is 332 g/mol. The predicted molar refractivity (Wildman–Crippen MR) is 91.9 cm³/mol. The van der Waals surface area contributed by atoms with Crippen LogP contribution in [0, 0.1) is 0 Å². The lowest BCUT2D eigenvalue weighted by Gasteiger charge is -2.35. The summed E-state index contributed by atoms with van der Waals surface area (Å²) in [4.78, 5) is 12.3. The summed E-state index contributed by atoms with van der Waals surface area (Å²) in [6.07, 6.45) is 2.11. The third kappa shape index (κ3) is 3.31. The van der Waals surface area contributed by atoms with Gasteiger partial charge in [-0.1, -0.05) is 6.92 Å². The minimum absolute atomic E-state index is 0.250. The molecule has 0 radical (unpaired) electrons. The van der Waals surface area contributed by atoms with Crippen LogP contribution in [0.2, 0.25) is 0 Å². The van der Waals surface area contributed by atoms with Crippen LogP contribution in [0.1, 0.15) is 26.2 Å². The molecule has 1 aromatic carbocycles. The van der Waals surface area contributed by atoms with Crippen LogP contribution in [0.4, 0.5) is 5.69 Å². The first-order chi connectivity index (χ1) is 11.5. The highest BCUT2D eigenvalue weighted by atomic mass is 16.5. The van der Waals surface area contributed by atoms with E-state index in [4.69, 9.17) is 4.74 Å². The zero-order valence-electron chi connectivity index (χ0n) is 13.9. The third-order valence-electron chi connectivity index (χ3n) is 4.62. The van der Waals surface area contributed by atoms with Crippen molar-refractivity contribution in [2.75, 3.05) is 18.5 Å². The Morgan fingerprint density at radius 2 is 2.12 bits per heavy atom. The third-order valence-corrected chi connectivity index (χ3v) is 4.62. The maximum Gasteiger partial charge on any atom is 0.256 e.